The second-order valence-electron chi connectivity index (χ2n) is 5.91. The molecular weight excluding hydrogens is 282 g/mol. The first-order valence-electron chi connectivity index (χ1n) is 7.35. The van der Waals surface area contributed by atoms with Crippen LogP contribution in [0.5, 0.6) is 0 Å². The first-order valence-corrected chi connectivity index (χ1v) is 7.35. The number of amides is 1. The van der Waals surface area contributed by atoms with Crippen molar-refractivity contribution in [1.82, 2.24) is 15.3 Å². The fraction of sp³-hybridized carbons (Fsp3) is 0.438. The number of nitrogens with one attached hydrogen (secondary N) is 2. The Morgan fingerprint density at radius 1 is 1.50 bits per heavy atom. The predicted octanol–water partition coefficient (Wildman–Crippen LogP) is 1.56. The van der Waals surface area contributed by atoms with Gasteiger partial charge < -0.3 is 15.0 Å². The van der Waals surface area contributed by atoms with Crippen LogP contribution in [0.1, 0.15) is 25.3 Å². The summed E-state index contributed by atoms with van der Waals surface area (Å²) in [6.07, 6.45) is 5.55. The monoisotopic (exact) mass is 301 g/mol. The lowest BCUT2D eigenvalue weighted by Crippen LogP contribution is -2.55. The van der Waals surface area contributed by atoms with Crippen molar-refractivity contribution in [3.05, 3.63) is 30.1 Å². The van der Waals surface area contributed by atoms with Crippen molar-refractivity contribution >= 4 is 22.9 Å². The van der Waals surface area contributed by atoms with Crippen LogP contribution >= 0.6 is 0 Å². The van der Waals surface area contributed by atoms with Crippen LogP contribution < -0.4 is 5.32 Å². The van der Waals surface area contributed by atoms with Gasteiger partial charge in [-0.05, 0) is 43.4 Å². The maximum absolute atomic E-state index is 12.4. The number of carbonyl (C=O) groups excluding carboxylic acids is 2. The van der Waals surface area contributed by atoms with E-state index in [9.17, 15) is 9.59 Å². The highest BCUT2D eigenvalue weighted by molar-refractivity contribution is 5.91. The largest absolute Gasteiger partial charge is 0.467 e. The lowest BCUT2D eigenvalue weighted by molar-refractivity contribution is -0.151. The van der Waals surface area contributed by atoms with E-state index in [0.29, 0.717) is 0 Å². The molecule has 6 nitrogen and oxygen atoms in total. The first-order chi connectivity index (χ1) is 10.5. The molecule has 1 amide bonds. The smallest absolute Gasteiger partial charge is 0.331 e. The van der Waals surface area contributed by atoms with Crippen molar-refractivity contribution in [2.24, 2.45) is 5.92 Å². The number of hydrogen-bond donors (Lipinski definition) is 2. The minimum Gasteiger partial charge on any atom is -0.467 e. The Morgan fingerprint density at radius 3 is 2.95 bits per heavy atom. The highest BCUT2D eigenvalue weighted by atomic mass is 16.5. The zero-order valence-corrected chi connectivity index (χ0v) is 12.7. The van der Waals surface area contributed by atoms with Gasteiger partial charge in [0.25, 0.3) is 0 Å². The zero-order chi connectivity index (χ0) is 15.7. The molecule has 6 heteroatoms. The fourth-order valence-electron chi connectivity index (χ4n) is 2.86. The van der Waals surface area contributed by atoms with Crippen molar-refractivity contribution in [2.45, 2.75) is 31.7 Å². The van der Waals surface area contributed by atoms with E-state index in [0.717, 1.165) is 29.4 Å². The second-order valence-corrected chi connectivity index (χ2v) is 5.91. The Labute approximate surface area is 128 Å². The number of nitrogens with zero attached hydrogens (tertiary/aromatic N) is 1. The third-order valence-corrected chi connectivity index (χ3v) is 4.29. The van der Waals surface area contributed by atoms with Crippen molar-refractivity contribution in [3.8, 4) is 0 Å². The minimum atomic E-state index is -0.934. The van der Waals surface area contributed by atoms with E-state index >= 15 is 0 Å². The van der Waals surface area contributed by atoms with Crippen molar-refractivity contribution in [1.29, 1.82) is 0 Å². The number of hydrogen-bond acceptors (Lipinski definition) is 4. The number of rotatable bonds is 5. The topological polar surface area (TPSA) is 84.1 Å². The van der Waals surface area contributed by atoms with E-state index in [2.05, 4.69) is 15.3 Å². The number of methoxy groups -OCH3 is 1. The Balaban J connectivity index is 1.75. The van der Waals surface area contributed by atoms with Gasteiger partial charge in [0, 0.05) is 17.8 Å². The molecule has 0 unspecified atom stereocenters. The molecule has 0 bridgehead atoms. The standard InChI is InChI=1S/C16H19N3O3/c1-16(11-5-6-11,15(21)22-2)19-13(20)8-10-9-18-14-12(10)4-3-7-17-14/h3-4,7,9,11H,5-6,8H2,1-2H3,(H,17,18)(H,19,20)/t16-/m0/s1. The molecule has 2 aromatic rings. The van der Waals surface area contributed by atoms with E-state index in [1.54, 1.807) is 19.3 Å². The van der Waals surface area contributed by atoms with Crippen LogP contribution in [0, 0.1) is 5.92 Å². The molecule has 2 N–H and O–H groups in total. The van der Waals surface area contributed by atoms with E-state index in [1.807, 2.05) is 12.1 Å². The molecule has 0 spiro atoms. The average molecular weight is 301 g/mol. The van der Waals surface area contributed by atoms with Crippen LogP contribution in [0.2, 0.25) is 0 Å². The zero-order valence-electron chi connectivity index (χ0n) is 12.7. The molecule has 22 heavy (non-hydrogen) atoms. The summed E-state index contributed by atoms with van der Waals surface area (Å²) in [5.41, 5.74) is 0.683. The van der Waals surface area contributed by atoms with Crippen LogP contribution in [0.15, 0.2) is 24.5 Å². The SMILES string of the molecule is COC(=O)[C@@](C)(NC(=O)Cc1c[nH]c2ncccc12)C1CC1. The van der Waals surface area contributed by atoms with Gasteiger partial charge in [-0.3, -0.25) is 4.79 Å². The molecule has 0 radical (unpaired) electrons. The van der Waals surface area contributed by atoms with Gasteiger partial charge in [-0.25, -0.2) is 9.78 Å². The number of H-pyrrole nitrogens is 1. The number of ether oxygens (including phenoxy) is 1. The molecule has 2 heterocycles. The number of fused-ring (bicyclic) bond motifs is 1. The molecule has 0 aromatic carbocycles. The number of carbonyl (C=O) groups is 2. The number of aromatic nitrogens is 2. The third-order valence-electron chi connectivity index (χ3n) is 4.29. The summed E-state index contributed by atoms with van der Waals surface area (Å²) in [6.45, 7) is 1.74. The maximum atomic E-state index is 12.4. The average Bonchev–Trinajstić information content (AvgIpc) is 3.30. The second kappa shape index (κ2) is 5.44. The highest BCUT2D eigenvalue weighted by Gasteiger charge is 2.49. The molecule has 1 atom stereocenters. The number of aromatic amines is 1. The van der Waals surface area contributed by atoms with Crippen LogP contribution in [-0.2, 0) is 20.7 Å². The quantitative estimate of drug-likeness (QED) is 0.821. The van der Waals surface area contributed by atoms with Gasteiger partial charge in [0.1, 0.15) is 11.2 Å². The minimum absolute atomic E-state index is 0.161. The molecule has 0 aliphatic heterocycles. The molecular formula is C16H19N3O3. The normalized spacial score (nSPS) is 17.0. The van der Waals surface area contributed by atoms with Gasteiger partial charge in [-0.2, -0.15) is 0 Å². The van der Waals surface area contributed by atoms with Crippen LogP contribution in [0.3, 0.4) is 0 Å². The lowest BCUT2D eigenvalue weighted by atomic mass is 9.95. The van der Waals surface area contributed by atoms with Crippen LogP contribution in [0.4, 0.5) is 0 Å². The molecule has 2 aromatic heterocycles. The lowest BCUT2D eigenvalue weighted by Gasteiger charge is -2.27. The van der Waals surface area contributed by atoms with Gasteiger partial charge in [-0.1, -0.05) is 0 Å². The summed E-state index contributed by atoms with van der Waals surface area (Å²) >= 11 is 0. The molecule has 0 saturated heterocycles. The van der Waals surface area contributed by atoms with E-state index < -0.39 is 5.54 Å². The third kappa shape index (κ3) is 2.56. The summed E-state index contributed by atoms with van der Waals surface area (Å²) in [6, 6.07) is 3.75. The first kappa shape index (κ1) is 14.6. The van der Waals surface area contributed by atoms with Gasteiger partial charge in [0.2, 0.25) is 5.91 Å². The molecule has 3 rings (SSSR count). The predicted molar refractivity (Wildman–Crippen MR) is 81.1 cm³/mol. The summed E-state index contributed by atoms with van der Waals surface area (Å²) in [5.74, 6) is -0.415. The summed E-state index contributed by atoms with van der Waals surface area (Å²) < 4.78 is 4.85. The van der Waals surface area contributed by atoms with Crippen LogP contribution in [-0.4, -0.2) is 34.5 Å². The Morgan fingerprint density at radius 2 is 2.27 bits per heavy atom. The molecule has 1 saturated carbocycles. The Bertz CT molecular complexity index is 720. The summed E-state index contributed by atoms with van der Waals surface area (Å²) in [7, 11) is 1.35. The fourth-order valence-corrected chi connectivity index (χ4v) is 2.86. The van der Waals surface area contributed by atoms with Crippen molar-refractivity contribution in [2.75, 3.05) is 7.11 Å². The summed E-state index contributed by atoms with van der Waals surface area (Å²) in [5, 5.41) is 3.78. The molecule has 1 fully saturated rings. The van der Waals surface area contributed by atoms with E-state index in [4.69, 9.17) is 4.74 Å². The Hall–Kier alpha value is -2.37. The van der Waals surface area contributed by atoms with Gasteiger partial charge in [-0.15, -0.1) is 0 Å². The van der Waals surface area contributed by atoms with Gasteiger partial charge in [0.15, 0.2) is 0 Å². The van der Waals surface area contributed by atoms with Crippen molar-refractivity contribution in [3.63, 3.8) is 0 Å². The highest BCUT2D eigenvalue weighted by Crippen LogP contribution is 2.40. The number of esters is 1. The van der Waals surface area contributed by atoms with Crippen LogP contribution in [0.25, 0.3) is 11.0 Å². The summed E-state index contributed by atoms with van der Waals surface area (Å²) in [4.78, 5) is 31.6. The number of pyridine rings is 1. The van der Waals surface area contributed by atoms with E-state index in [1.165, 1.54) is 7.11 Å². The van der Waals surface area contributed by atoms with Gasteiger partial charge in [0.05, 0.1) is 13.5 Å². The molecule has 116 valence electrons. The van der Waals surface area contributed by atoms with E-state index in [-0.39, 0.29) is 24.2 Å². The molecule has 1 aliphatic carbocycles. The van der Waals surface area contributed by atoms with Gasteiger partial charge >= 0.3 is 5.97 Å². The molecule has 1 aliphatic rings. The van der Waals surface area contributed by atoms with Crippen molar-refractivity contribution < 1.29 is 14.3 Å². The maximum Gasteiger partial charge on any atom is 0.331 e. The Kier molecular flexibility index (Phi) is 3.60.